The number of rotatable bonds is 3. The van der Waals surface area contributed by atoms with Crippen LogP contribution in [0.1, 0.15) is 6.42 Å². The van der Waals surface area contributed by atoms with E-state index in [1.54, 1.807) is 42.5 Å². The number of hydrogen-bond acceptors (Lipinski definition) is 5. The average molecular weight is 407 g/mol. The van der Waals surface area contributed by atoms with Crippen LogP contribution >= 0.6 is 35.0 Å². The van der Waals surface area contributed by atoms with Crippen LogP contribution in [-0.4, -0.2) is 27.4 Å². The van der Waals surface area contributed by atoms with Gasteiger partial charge in [-0.2, -0.15) is 0 Å². The average Bonchev–Trinajstić information content (AvgIpc) is 2.99. The van der Waals surface area contributed by atoms with Gasteiger partial charge in [0.1, 0.15) is 5.25 Å². The predicted octanol–water partition coefficient (Wildman–Crippen LogP) is 4.10. The largest absolute Gasteiger partial charge is 0.465 e. The topological polar surface area (TPSA) is 61.2 Å². The highest BCUT2D eigenvalue weighted by Gasteiger charge is 2.29. The Labute approximate surface area is 162 Å². The second-order valence-corrected chi connectivity index (χ2v) is 7.78. The van der Waals surface area contributed by atoms with Crippen LogP contribution < -0.4 is 5.56 Å². The van der Waals surface area contributed by atoms with Gasteiger partial charge in [-0.3, -0.25) is 14.2 Å². The van der Waals surface area contributed by atoms with Gasteiger partial charge in [0, 0.05) is 16.5 Å². The van der Waals surface area contributed by atoms with Crippen LogP contribution in [0.4, 0.5) is 0 Å². The summed E-state index contributed by atoms with van der Waals surface area (Å²) in [5, 5.41) is 1.43. The summed E-state index contributed by atoms with van der Waals surface area (Å²) in [6, 6.07) is 11.9. The molecule has 2 heterocycles. The van der Waals surface area contributed by atoms with Crippen LogP contribution in [0, 0.1) is 0 Å². The maximum atomic E-state index is 13.1. The monoisotopic (exact) mass is 406 g/mol. The molecule has 1 atom stereocenters. The summed E-state index contributed by atoms with van der Waals surface area (Å²) in [5.41, 5.74) is 0.818. The Morgan fingerprint density at radius 2 is 1.92 bits per heavy atom. The highest BCUT2D eigenvalue weighted by molar-refractivity contribution is 8.00. The molecular formula is C18H12Cl2N2O3S. The minimum absolute atomic E-state index is 0.247. The highest BCUT2D eigenvalue weighted by Crippen LogP contribution is 2.31. The van der Waals surface area contributed by atoms with E-state index in [-0.39, 0.29) is 11.5 Å². The Morgan fingerprint density at radius 3 is 2.65 bits per heavy atom. The lowest BCUT2D eigenvalue weighted by Crippen LogP contribution is -2.23. The second kappa shape index (κ2) is 6.95. The Hall–Kier alpha value is -2.02. The van der Waals surface area contributed by atoms with Gasteiger partial charge >= 0.3 is 5.97 Å². The van der Waals surface area contributed by atoms with Gasteiger partial charge in [0.25, 0.3) is 5.56 Å². The van der Waals surface area contributed by atoms with E-state index in [4.69, 9.17) is 27.9 Å². The van der Waals surface area contributed by atoms with Crippen LogP contribution in [-0.2, 0) is 9.53 Å². The zero-order valence-electron chi connectivity index (χ0n) is 13.3. The smallest absolute Gasteiger partial charge is 0.319 e. The van der Waals surface area contributed by atoms with Gasteiger partial charge in [-0.25, -0.2) is 4.98 Å². The zero-order valence-corrected chi connectivity index (χ0v) is 15.6. The molecule has 1 aliphatic heterocycles. The first kappa shape index (κ1) is 17.4. The van der Waals surface area contributed by atoms with Crippen molar-refractivity contribution in [3.63, 3.8) is 0 Å². The van der Waals surface area contributed by atoms with Gasteiger partial charge in [0.2, 0.25) is 0 Å². The quantitative estimate of drug-likeness (QED) is 0.483. The van der Waals surface area contributed by atoms with E-state index in [0.29, 0.717) is 44.8 Å². The van der Waals surface area contributed by atoms with Crippen LogP contribution in [0.15, 0.2) is 52.4 Å². The van der Waals surface area contributed by atoms with Gasteiger partial charge in [-0.05, 0) is 36.4 Å². The maximum absolute atomic E-state index is 13.1. The Balaban J connectivity index is 1.95. The number of esters is 1. The molecule has 26 heavy (non-hydrogen) atoms. The lowest BCUT2D eigenvalue weighted by atomic mass is 10.2. The molecule has 5 nitrogen and oxygen atoms in total. The molecule has 0 amide bonds. The van der Waals surface area contributed by atoms with Crippen molar-refractivity contribution in [2.75, 3.05) is 6.61 Å². The van der Waals surface area contributed by atoms with Gasteiger partial charge in [-0.15, -0.1) is 0 Å². The minimum Gasteiger partial charge on any atom is -0.465 e. The van der Waals surface area contributed by atoms with E-state index in [1.165, 1.54) is 16.3 Å². The third-order valence-corrected chi connectivity index (χ3v) is 5.67. The van der Waals surface area contributed by atoms with Crippen LogP contribution in [0.5, 0.6) is 0 Å². The molecule has 1 fully saturated rings. The molecule has 0 unspecified atom stereocenters. The number of nitrogens with zero attached hydrogens (tertiary/aromatic N) is 2. The van der Waals surface area contributed by atoms with E-state index in [9.17, 15) is 9.59 Å². The van der Waals surface area contributed by atoms with Gasteiger partial charge in [-0.1, -0.05) is 41.0 Å². The molecule has 1 saturated heterocycles. The molecular weight excluding hydrogens is 395 g/mol. The zero-order chi connectivity index (χ0) is 18.3. The fourth-order valence-corrected chi connectivity index (χ4v) is 4.20. The summed E-state index contributed by atoms with van der Waals surface area (Å²) in [7, 11) is 0. The van der Waals surface area contributed by atoms with E-state index in [1.807, 2.05) is 0 Å². The summed E-state index contributed by atoms with van der Waals surface area (Å²) in [5.74, 6) is -0.298. The van der Waals surface area contributed by atoms with Gasteiger partial charge in [0.15, 0.2) is 5.16 Å². The molecule has 0 radical (unpaired) electrons. The maximum Gasteiger partial charge on any atom is 0.319 e. The van der Waals surface area contributed by atoms with Crippen molar-refractivity contribution < 1.29 is 9.53 Å². The Bertz CT molecular complexity index is 1080. The molecule has 4 rings (SSSR count). The summed E-state index contributed by atoms with van der Waals surface area (Å²) in [6.45, 7) is 0.372. The molecule has 0 aliphatic carbocycles. The first-order chi connectivity index (χ1) is 12.5. The van der Waals surface area contributed by atoms with Gasteiger partial charge in [0.05, 0.1) is 23.2 Å². The van der Waals surface area contributed by atoms with Crippen molar-refractivity contribution in [2.24, 2.45) is 0 Å². The Kier molecular flexibility index (Phi) is 4.65. The SMILES string of the molecule is O=C1OCC[C@@H]1Sc1nc2cc(Cl)ccc2c(=O)n1-c1cccc(Cl)c1. The molecule has 1 aliphatic rings. The molecule has 0 N–H and O–H groups in total. The lowest BCUT2D eigenvalue weighted by Gasteiger charge is -2.15. The number of benzene rings is 2. The number of halogens is 2. The number of hydrogen-bond donors (Lipinski definition) is 0. The van der Waals surface area contributed by atoms with E-state index in [2.05, 4.69) is 4.98 Å². The summed E-state index contributed by atoms with van der Waals surface area (Å²) in [6.07, 6.45) is 0.572. The molecule has 3 aromatic rings. The first-order valence-corrected chi connectivity index (χ1v) is 9.48. The number of ether oxygens (including phenoxy) is 1. The molecule has 132 valence electrons. The first-order valence-electron chi connectivity index (χ1n) is 7.84. The van der Waals surface area contributed by atoms with Crippen LogP contribution in [0.25, 0.3) is 16.6 Å². The third kappa shape index (κ3) is 3.20. The van der Waals surface area contributed by atoms with E-state index in [0.717, 1.165) is 0 Å². The van der Waals surface area contributed by atoms with Crippen LogP contribution in [0.3, 0.4) is 0 Å². The summed E-state index contributed by atoms with van der Waals surface area (Å²) < 4.78 is 6.49. The lowest BCUT2D eigenvalue weighted by molar-refractivity contribution is -0.137. The van der Waals surface area contributed by atoms with Crippen molar-refractivity contribution >= 4 is 51.8 Å². The number of cyclic esters (lactones) is 1. The molecule has 0 spiro atoms. The number of carbonyl (C=O) groups excluding carboxylic acids is 1. The number of fused-ring (bicyclic) bond motifs is 1. The Morgan fingerprint density at radius 1 is 1.12 bits per heavy atom. The fourth-order valence-electron chi connectivity index (χ4n) is 2.77. The molecule has 8 heteroatoms. The molecule has 1 aromatic heterocycles. The fraction of sp³-hybridized carbons (Fsp3) is 0.167. The molecule has 0 saturated carbocycles. The number of thioether (sulfide) groups is 1. The summed E-state index contributed by atoms with van der Waals surface area (Å²) in [4.78, 5) is 29.6. The van der Waals surface area contributed by atoms with Crippen molar-refractivity contribution in [3.8, 4) is 5.69 Å². The highest BCUT2D eigenvalue weighted by atomic mass is 35.5. The van der Waals surface area contributed by atoms with Crippen molar-refractivity contribution in [1.29, 1.82) is 0 Å². The standard InChI is InChI=1S/C18H12Cl2N2O3S/c19-10-2-1-3-12(8-10)22-16(23)13-5-4-11(20)9-14(13)21-18(22)26-15-6-7-25-17(15)24/h1-5,8-9,15H,6-7H2/t15-/m0/s1. The van der Waals surface area contributed by atoms with E-state index < -0.39 is 5.25 Å². The van der Waals surface area contributed by atoms with Crippen molar-refractivity contribution in [1.82, 2.24) is 9.55 Å². The molecule has 2 aromatic carbocycles. The molecule has 0 bridgehead atoms. The minimum atomic E-state index is -0.399. The van der Waals surface area contributed by atoms with Crippen molar-refractivity contribution in [2.45, 2.75) is 16.8 Å². The predicted molar refractivity (Wildman–Crippen MR) is 103 cm³/mol. The van der Waals surface area contributed by atoms with Crippen molar-refractivity contribution in [3.05, 3.63) is 62.9 Å². The van der Waals surface area contributed by atoms with E-state index >= 15 is 0 Å². The summed E-state index contributed by atoms with van der Waals surface area (Å²) >= 11 is 13.4. The number of carbonyl (C=O) groups is 1. The van der Waals surface area contributed by atoms with Gasteiger partial charge < -0.3 is 4.74 Å². The normalized spacial score (nSPS) is 16.8. The number of aromatic nitrogens is 2. The second-order valence-electron chi connectivity index (χ2n) is 5.74. The third-order valence-electron chi connectivity index (χ3n) is 4.00. The van der Waals surface area contributed by atoms with Crippen LogP contribution in [0.2, 0.25) is 10.0 Å².